The van der Waals surface area contributed by atoms with Crippen LogP contribution < -0.4 is 0 Å². The second-order valence-corrected chi connectivity index (χ2v) is 6.06. The normalized spacial score (nSPS) is 14.3. The van der Waals surface area contributed by atoms with Crippen molar-refractivity contribution in [3.8, 4) is 0 Å². The number of unbranched alkanes of at least 4 members (excludes halogenated alkanes) is 1. The van der Waals surface area contributed by atoms with Gasteiger partial charge < -0.3 is 4.98 Å². The zero-order chi connectivity index (χ0) is 15.2. The lowest BCUT2D eigenvalue weighted by atomic mass is 9.85. The van der Waals surface area contributed by atoms with Gasteiger partial charge in [-0.05, 0) is 66.3 Å². The molecule has 0 saturated carbocycles. The lowest BCUT2D eigenvalue weighted by molar-refractivity contribution is 0.694. The van der Waals surface area contributed by atoms with E-state index >= 15 is 0 Å². The molecule has 114 valence electrons. The van der Waals surface area contributed by atoms with Crippen molar-refractivity contribution in [2.45, 2.75) is 59.8 Å². The first-order chi connectivity index (χ1) is 10.2. The summed E-state index contributed by atoms with van der Waals surface area (Å²) in [6, 6.07) is 9.04. The summed E-state index contributed by atoms with van der Waals surface area (Å²) < 4.78 is 0. The van der Waals surface area contributed by atoms with E-state index in [1.165, 1.54) is 48.6 Å². The van der Waals surface area contributed by atoms with E-state index in [9.17, 15) is 0 Å². The summed E-state index contributed by atoms with van der Waals surface area (Å²) in [6.07, 6.45) is 8.22. The number of aromatic amines is 1. The monoisotopic (exact) mass is 283 g/mol. The first-order valence-corrected chi connectivity index (χ1v) is 8.50. The SMILES string of the molecule is CCCC/C(CC)=C(/c1ccc2[nH]ccc2c1)C(C)CC. The van der Waals surface area contributed by atoms with Crippen LogP contribution in [0.4, 0.5) is 0 Å². The third kappa shape index (κ3) is 3.58. The van der Waals surface area contributed by atoms with Gasteiger partial charge in [0, 0.05) is 11.7 Å². The van der Waals surface area contributed by atoms with Crippen molar-refractivity contribution in [1.29, 1.82) is 0 Å². The molecule has 0 aliphatic rings. The third-order valence-corrected chi connectivity index (χ3v) is 4.61. The van der Waals surface area contributed by atoms with Crippen molar-refractivity contribution in [2.75, 3.05) is 0 Å². The van der Waals surface area contributed by atoms with Crippen LogP contribution in [-0.4, -0.2) is 4.98 Å². The molecule has 0 saturated heterocycles. The van der Waals surface area contributed by atoms with Gasteiger partial charge in [0.1, 0.15) is 0 Å². The predicted octanol–water partition coefficient (Wildman–Crippen LogP) is 6.57. The van der Waals surface area contributed by atoms with Gasteiger partial charge in [-0.1, -0.05) is 45.8 Å². The van der Waals surface area contributed by atoms with Gasteiger partial charge >= 0.3 is 0 Å². The standard InChI is InChI=1S/C20H29N/c1-5-8-9-16(7-3)20(15(4)6-2)18-10-11-19-17(14-18)12-13-21-19/h10-15,21H,5-9H2,1-4H3/b20-16+. The Morgan fingerprint density at radius 1 is 1.14 bits per heavy atom. The highest BCUT2D eigenvalue weighted by Gasteiger charge is 2.14. The molecular weight excluding hydrogens is 254 g/mol. The number of benzene rings is 1. The molecule has 1 heteroatoms. The first kappa shape index (κ1) is 15.9. The topological polar surface area (TPSA) is 15.8 Å². The molecule has 1 atom stereocenters. The highest BCUT2D eigenvalue weighted by Crippen LogP contribution is 2.34. The lowest BCUT2D eigenvalue weighted by Crippen LogP contribution is -2.02. The molecule has 0 fully saturated rings. The second-order valence-electron chi connectivity index (χ2n) is 6.06. The summed E-state index contributed by atoms with van der Waals surface area (Å²) in [5.41, 5.74) is 5.90. The van der Waals surface area contributed by atoms with Crippen LogP contribution in [0.2, 0.25) is 0 Å². The first-order valence-electron chi connectivity index (χ1n) is 8.50. The number of nitrogens with one attached hydrogen (secondary N) is 1. The molecule has 2 rings (SSSR count). The highest BCUT2D eigenvalue weighted by atomic mass is 14.7. The molecule has 0 spiro atoms. The summed E-state index contributed by atoms with van der Waals surface area (Å²) in [5.74, 6) is 0.633. The van der Waals surface area contributed by atoms with Gasteiger partial charge in [-0.2, -0.15) is 0 Å². The van der Waals surface area contributed by atoms with Gasteiger partial charge in [-0.3, -0.25) is 0 Å². The van der Waals surface area contributed by atoms with Crippen molar-refractivity contribution in [1.82, 2.24) is 4.98 Å². The van der Waals surface area contributed by atoms with E-state index in [0.717, 1.165) is 0 Å². The number of H-pyrrole nitrogens is 1. The van der Waals surface area contributed by atoms with Crippen LogP contribution in [-0.2, 0) is 0 Å². The fourth-order valence-electron chi connectivity index (χ4n) is 3.15. The molecule has 0 aliphatic heterocycles. The Kier molecular flexibility index (Phi) is 5.67. The van der Waals surface area contributed by atoms with Crippen LogP contribution in [0, 0.1) is 5.92 Å². The minimum Gasteiger partial charge on any atom is -0.361 e. The highest BCUT2D eigenvalue weighted by molar-refractivity contribution is 5.84. The van der Waals surface area contributed by atoms with E-state index in [2.05, 4.69) is 56.9 Å². The van der Waals surface area contributed by atoms with E-state index < -0.39 is 0 Å². The van der Waals surface area contributed by atoms with Crippen molar-refractivity contribution in [3.63, 3.8) is 0 Å². The van der Waals surface area contributed by atoms with Crippen LogP contribution in [0.3, 0.4) is 0 Å². The third-order valence-electron chi connectivity index (χ3n) is 4.61. The van der Waals surface area contributed by atoms with Gasteiger partial charge in [-0.15, -0.1) is 0 Å². The molecule has 0 bridgehead atoms. The number of fused-ring (bicyclic) bond motifs is 1. The summed E-state index contributed by atoms with van der Waals surface area (Å²) in [6.45, 7) is 9.26. The van der Waals surface area contributed by atoms with Gasteiger partial charge in [0.05, 0.1) is 0 Å². The molecule has 0 radical (unpaired) electrons. The van der Waals surface area contributed by atoms with Crippen molar-refractivity contribution in [2.24, 2.45) is 5.92 Å². The molecule has 1 nitrogen and oxygen atoms in total. The number of rotatable bonds is 7. The van der Waals surface area contributed by atoms with Crippen molar-refractivity contribution < 1.29 is 0 Å². The Bertz CT molecular complexity index is 603. The molecule has 0 aliphatic carbocycles. The van der Waals surface area contributed by atoms with E-state index in [4.69, 9.17) is 0 Å². The molecule has 0 amide bonds. The van der Waals surface area contributed by atoms with Crippen LogP contribution in [0.25, 0.3) is 16.5 Å². The molecule has 21 heavy (non-hydrogen) atoms. The largest absolute Gasteiger partial charge is 0.361 e. The molecule has 2 aromatic rings. The maximum Gasteiger partial charge on any atom is 0.0454 e. The fraction of sp³-hybridized carbons (Fsp3) is 0.500. The summed E-state index contributed by atoms with van der Waals surface area (Å²) >= 11 is 0. The minimum absolute atomic E-state index is 0.633. The number of aromatic nitrogens is 1. The molecule has 1 unspecified atom stereocenters. The van der Waals surface area contributed by atoms with Gasteiger partial charge in [0.2, 0.25) is 0 Å². The Labute approximate surface area is 129 Å². The Hall–Kier alpha value is -1.50. The Morgan fingerprint density at radius 2 is 1.95 bits per heavy atom. The summed E-state index contributed by atoms with van der Waals surface area (Å²) in [4.78, 5) is 3.29. The van der Waals surface area contributed by atoms with Crippen molar-refractivity contribution in [3.05, 3.63) is 41.6 Å². The quantitative estimate of drug-likeness (QED) is 0.591. The molecule has 1 heterocycles. The minimum atomic E-state index is 0.633. The number of hydrogen-bond acceptors (Lipinski definition) is 0. The Balaban J connectivity index is 2.49. The van der Waals surface area contributed by atoms with Crippen LogP contribution >= 0.6 is 0 Å². The lowest BCUT2D eigenvalue weighted by Gasteiger charge is -2.20. The summed E-state index contributed by atoms with van der Waals surface area (Å²) in [7, 11) is 0. The Morgan fingerprint density at radius 3 is 2.62 bits per heavy atom. The predicted molar refractivity (Wildman–Crippen MR) is 94.5 cm³/mol. The van der Waals surface area contributed by atoms with Crippen LogP contribution in [0.1, 0.15) is 65.4 Å². The van der Waals surface area contributed by atoms with E-state index in [1.54, 1.807) is 11.1 Å². The van der Waals surface area contributed by atoms with Gasteiger partial charge in [0.15, 0.2) is 0 Å². The maximum atomic E-state index is 3.29. The van der Waals surface area contributed by atoms with Crippen molar-refractivity contribution >= 4 is 16.5 Å². The maximum absolute atomic E-state index is 3.29. The van der Waals surface area contributed by atoms with E-state index in [-0.39, 0.29) is 0 Å². The zero-order valence-corrected chi connectivity index (χ0v) is 14.0. The average molecular weight is 283 g/mol. The van der Waals surface area contributed by atoms with E-state index in [0.29, 0.717) is 5.92 Å². The fourth-order valence-corrected chi connectivity index (χ4v) is 3.15. The molecule has 1 aromatic heterocycles. The van der Waals surface area contributed by atoms with Crippen LogP contribution in [0.5, 0.6) is 0 Å². The smallest absolute Gasteiger partial charge is 0.0454 e. The van der Waals surface area contributed by atoms with E-state index in [1.807, 2.05) is 6.20 Å². The number of hydrogen-bond donors (Lipinski definition) is 1. The molecule has 1 aromatic carbocycles. The van der Waals surface area contributed by atoms with Crippen LogP contribution in [0.15, 0.2) is 36.0 Å². The van der Waals surface area contributed by atoms with Gasteiger partial charge in [0.25, 0.3) is 0 Å². The zero-order valence-electron chi connectivity index (χ0n) is 14.0. The molecular formula is C20H29N. The number of allylic oxidation sites excluding steroid dienone is 2. The average Bonchev–Trinajstić information content (AvgIpc) is 2.98. The second kappa shape index (κ2) is 7.49. The summed E-state index contributed by atoms with van der Waals surface area (Å²) in [5, 5.41) is 1.32. The molecule has 1 N–H and O–H groups in total. The van der Waals surface area contributed by atoms with Gasteiger partial charge in [-0.25, -0.2) is 0 Å².